The molecule has 240 valence electrons. The summed E-state index contributed by atoms with van der Waals surface area (Å²) in [6.07, 6.45) is 15.3. The SMILES string of the molecule is CCC1(c2ccc3c(c2)C2(c4ccccc4-c4ccc(Br)cc42)c2cc(C45CC(C)CC(CC(C)C4)C5)ccc2-3)CC2CCC(C2)C1. The summed E-state index contributed by atoms with van der Waals surface area (Å²) in [5.41, 5.74) is 15.4. The molecular weight excluding hydrogens is 632 g/mol. The van der Waals surface area contributed by atoms with Gasteiger partial charge in [0.05, 0.1) is 5.41 Å². The molecule has 4 aromatic rings. The third kappa shape index (κ3) is 3.99. The van der Waals surface area contributed by atoms with E-state index in [2.05, 4.69) is 116 Å². The van der Waals surface area contributed by atoms with Gasteiger partial charge < -0.3 is 0 Å². The third-order valence-electron chi connectivity index (χ3n) is 14.7. The van der Waals surface area contributed by atoms with Crippen LogP contribution in [0.2, 0.25) is 0 Å². The monoisotopic (exact) mass is 680 g/mol. The second-order valence-electron chi connectivity index (χ2n) is 17.5. The summed E-state index contributed by atoms with van der Waals surface area (Å²) in [4.78, 5) is 0. The second-order valence-corrected chi connectivity index (χ2v) is 18.4. The van der Waals surface area contributed by atoms with Crippen molar-refractivity contribution in [2.75, 3.05) is 0 Å². The van der Waals surface area contributed by atoms with Crippen LogP contribution >= 0.6 is 15.9 Å². The number of rotatable bonds is 3. The lowest BCUT2D eigenvalue weighted by atomic mass is 9.54. The lowest BCUT2D eigenvalue weighted by Gasteiger charge is -2.50. The Bertz CT molecular complexity index is 1900. The topological polar surface area (TPSA) is 0 Å². The van der Waals surface area contributed by atoms with Gasteiger partial charge in [-0.25, -0.2) is 0 Å². The maximum absolute atomic E-state index is 3.96. The predicted octanol–water partition coefficient (Wildman–Crippen LogP) is 12.8. The summed E-state index contributed by atoms with van der Waals surface area (Å²) < 4.78 is 1.18. The van der Waals surface area contributed by atoms with E-state index < -0.39 is 0 Å². The van der Waals surface area contributed by atoms with E-state index in [0.29, 0.717) is 10.8 Å². The van der Waals surface area contributed by atoms with E-state index in [-0.39, 0.29) is 5.41 Å². The molecule has 5 unspecified atom stereocenters. The van der Waals surface area contributed by atoms with Crippen LogP contribution in [0.15, 0.2) is 83.3 Å². The molecule has 0 aromatic heterocycles. The van der Waals surface area contributed by atoms with Gasteiger partial charge in [-0.05, 0) is 166 Å². The van der Waals surface area contributed by atoms with E-state index >= 15 is 0 Å². The molecule has 0 saturated heterocycles. The number of benzene rings is 4. The van der Waals surface area contributed by atoms with Crippen LogP contribution in [0.25, 0.3) is 22.3 Å². The van der Waals surface area contributed by atoms with Gasteiger partial charge >= 0.3 is 0 Å². The molecule has 4 fully saturated rings. The molecule has 10 rings (SSSR count). The first-order chi connectivity index (χ1) is 22.8. The van der Waals surface area contributed by atoms with Crippen LogP contribution in [-0.2, 0) is 16.2 Å². The van der Waals surface area contributed by atoms with Crippen molar-refractivity contribution in [3.05, 3.63) is 117 Å². The molecule has 0 amide bonds. The second kappa shape index (κ2) is 10.2. The Morgan fingerprint density at radius 1 is 0.574 bits per heavy atom. The summed E-state index contributed by atoms with van der Waals surface area (Å²) in [5, 5.41) is 0. The van der Waals surface area contributed by atoms with Crippen molar-refractivity contribution in [2.24, 2.45) is 29.6 Å². The van der Waals surface area contributed by atoms with Crippen LogP contribution in [0, 0.1) is 29.6 Å². The minimum atomic E-state index is -0.286. The average Bonchev–Trinajstić information content (AvgIpc) is 3.67. The van der Waals surface area contributed by atoms with Crippen molar-refractivity contribution in [1.29, 1.82) is 0 Å². The zero-order chi connectivity index (χ0) is 31.7. The van der Waals surface area contributed by atoms with Gasteiger partial charge in [0.2, 0.25) is 0 Å². The zero-order valence-electron chi connectivity index (χ0n) is 28.5. The number of fused-ring (bicyclic) bond motifs is 14. The molecule has 4 saturated carbocycles. The van der Waals surface area contributed by atoms with Gasteiger partial charge in [0.25, 0.3) is 0 Å². The molecule has 4 bridgehead atoms. The molecule has 6 aliphatic rings. The fourth-order valence-electron chi connectivity index (χ4n) is 13.3. The van der Waals surface area contributed by atoms with Gasteiger partial charge in [-0.1, -0.05) is 116 Å². The van der Waals surface area contributed by atoms with E-state index in [1.54, 1.807) is 22.3 Å². The van der Waals surface area contributed by atoms with Gasteiger partial charge in [0.1, 0.15) is 0 Å². The molecule has 5 atom stereocenters. The maximum atomic E-state index is 3.96. The first kappa shape index (κ1) is 29.3. The Hall–Kier alpha value is -2.64. The zero-order valence-corrected chi connectivity index (χ0v) is 30.1. The van der Waals surface area contributed by atoms with Crippen LogP contribution in [0.4, 0.5) is 0 Å². The highest BCUT2D eigenvalue weighted by Gasteiger charge is 2.54. The van der Waals surface area contributed by atoms with Crippen molar-refractivity contribution in [2.45, 2.75) is 108 Å². The van der Waals surface area contributed by atoms with Crippen LogP contribution in [0.3, 0.4) is 0 Å². The fraction of sp³-hybridized carbons (Fsp3) is 0.478. The van der Waals surface area contributed by atoms with Crippen molar-refractivity contribution >= 4 is 15.9 Å². The highest BCUT2D eigenvalue weighted by atomic mass is 79.9. The highest BCUT2D eigenvalue weighted by molar-refractivity contribution is 9.10. The first-order valence-electron chi connectivity index (χ1n) is 19.0. The first-order valence-corrected chi connectivity index (χ1v) is 19.8. The van der Waals surface area contributed by atoms with E-state index in [1.807, 2.05) is 0 Å². The summed E-state index contributed by atoms with van der Waals surface area (Å²) in [6.45, 7) is 7.55. The van der Waals surface area contributed by atoms with Crippen molar-refractivity contribution in [3.63, 3.8) is 0 Å². The Kier molecular flexibility index (Phi) is 6.35. The number of hydrogen-bond acceptors (Lipinski definition) is 0. The summed E-state index contributed by atoms with van der Waals surface area (Å²) in [7, 11) is 0. The number of hydrogen-bond donors (Lipinski definition) is 0. The van der Waals surface area contributed by atoms with Crippen molar-refractivity contribution in [1.82, 2.24) is 0 Å². The standard InChI is InChI=1S/C46H49Br/c1-4-44(25-30-9-10-31(19-30)26-44)33-11-14-37-38-15-12-34(45-23-28(2)17-32(27-45)18-29(3)24-45)21-42(38)46(41(37)20-33)40-8-6-5-7-36(40)39-16-13-35(47)22-43(39)46/h5-8,11-16,20-22,28-32H,4,9-10,17-19,23-27H2,1-3H3. The Labute approximate surface area is 290 Å². The Morgan fingerprint density at radius 2 is 1.15 bits per heavy atom. The fourth-order valence-corrected chi connectivity index (χ4v) is 13.7. The Morgan fingerprint density at radius 3 is 1.83 bits per heavy atom. The van der Waals surface area contributed by atoms with Crippen LogP contribution in [-0.4, -0.2) is 0 Å². The van der Waals surface area contributed by atoms with Crippen molar-refractivity contribution in [3.8, 4) is 22.3 Å². The van der Waals surface area contributed by atoms with Crippen LogP contribution in [0.5, 0.6) is 0 Å². The molecule has 0 nitrogen and oxygen atoms in total. The van der Waals surface area contributed by atoms with E-state index in [9.17, 15) is 0 Å². The predicted molar refractivity (Wildman–Crippen MR) is 199 cm³/mol. The van der Waals surface area contributed by atoms with Crippen LogP contribution in [0.1, 0.15) is 125 Å². The van der Waals surface area contributed by atoms with Gasteiger partial charge in [-0.2, -0.15) is 0 Å². The van der Waals surface area contributed by atoms with E-state index in [4.69, 9.17) is 0 Å². The van der Waals surface area contributed by atoms with E-state index in [1.165, 1.54) is 108 Å². The smallest absolute Gasteiger partial charge is 0.0645 e. The molecule has 6 aliphatic carbocycles. The normalized spacial score (nSPS) is 35.8. The minimum Gasteiger partial charge on any atom is -0.0645 e. The van der Waals surface area contributed by atoms with Gasteiger partial charge in [0.15, 0.2) is 0 Å². The molecule has 0 heterocycles. The largest absolute Gasteiger partial charge is 0.0726 e. The molecular formula is C46H49Br. The summed E-state index contributed by atoms with van der Waals surface area (Å²) in [6, 6.07) is 32.3. The number of halogens is 1. The van der Waals surface area contributed by atoms with Gasteiger partial charge in [-0.15, -0.1) is 0 Å². The van der Waals surface area contributed by atoms with Gasteiger partial charge in [0, 0.05) is 4.47 Å². The van der Waals surface area contributed by atoms with Crippen molar-refractivity contribution < 1.29 is 0 Å². The summed E-state index contributed by atoms with van der Waals surface area (Å²) in [5.74, 6) is 4.33. The lowest BCUT2D eigenvalue weighted by Crippen LogP contribution is -2.42. The highest BCUT2D eigenvalue weighted by Crippen LogP contribution is 2.65. The molecule has 0 aliphatic heterocycles. The molecule has 4 aromatic carbocycles. The molecule has 47 heavy (non-hydrogen) atoms. The molecule has 1 heteroatoms. The maximum Gasteiger partial charge on any atom is 0.0726 e. The minimum absolute atomic E-state index is 0.286. The van der Waals surface area contributed by atoms with Crippen LogP contribution < -0.4 is 0 Å². The lowest BCUT2D eigenvalue weighted by molar-refractivity contribution is 0.0780. The molecule has 0 N–H and O–H groups in total. The average molecular weight is 682 g/mol. The molecule has 0 radical (unpaired) electrons. The Balaban J connectivity index is 1.24. The molecule has 1 spiro atoms. The quantitative estimate of drug-likeness (QED) is 0.174. The third-order valence-corrected chi connectivity index (χ3v) is 15.2. The summed E-state index contributed by atoms with van der Waals surface area (Å²) >= 11 is 3.96. The van der Waals surface area contributed by atoms with E-state index in [0.717, 1.165) is 29.6 Å². The van der Waals surface area contributed by atoms with Gasteiger partial charge in [-0.3, -0.25) is 0 Å².